The number of carbonyl (C=O) groups is 1. The van der Waals surface area contributed by atoms with Crippen LogP contribution in [0.4, 0.5) is 19.0 Å². The summed E-state index contributed by atoms with van der Waals surface area (Å²) in [5.41, 5.74) is 3.85. The number of rotatable bonds is 7. The van der Waals surface area contributed by atoms with E-state index in [4.69, 9.17) is 10.5 Å². The summed E-state index contributed by atoms with van der Waals surface area (Å²) in [5.74, 6) is 0.541. The van der Waals surface area contributed by atoms with E-state index in [1.165, 1.54) is 29.3 Å². The van der Waals surface area contributed by atoms with Crippen molar-refractivity contribution in [3.8, 4) is 11.8 Å². The molecule has 1 amide bonds. The van der Waals surface area contributed by atoms with E-state index in [0.29, 0.717) is 19.6 Å². The van der Waals surface area contributed by atoms with E-state index in [2.05, 4.69) is 33.8 Å². The lowest BCUT2D eigenvalue weighted by Gasteiger charge is -2.26. The molecule has 0 saturated carbocycles. The molecule has 1 unspecified atom stereocenters. The second-order valence-electron chi connectivity index (χ2n) is 8.96. The number of methoxy groups -OCH3 is 1. The van der Waals surface area contributed by atoms with Crippen LogP contribution >= 0.6 is 0 Å². The van der Waals surface area contributed by atoms with Gasteiger partial charge in [-0.05, 0) is 25.3 Å². The molecule has 0 aliphatic carbocycles. The van der Waals surface area contributed by atoms with E-state index in [0.717, 1.165) is 0 Å². The van der Waals surface area contributed by atoms with Crippen LogP contribution in [0.15, 0.2) is 12.7 Å². The smallest absolute Gasteiger partial charge is 0.255 e. The monoisotopic (exact) mass is 531 g/mol. The van der Waals surface area contributed by atoms with Gasteiger partial charge >= 0.3 is 0 Å². The minimum absolute atomic E-state index is 0.0953. The second kappa shape index (κ2) is 10.5. The van der Waals surface area contributed by atoms with Gasteiger partial charge in [0.25, 0.3) is 5.91 Å². The van der Waals surface area contributed by atoms with Gasteiger partial charge in [-0.3, -0.25) is 9.69 Å². The summed E-state index contributed by atoms with van der Waals surface area (Å²) < 4.78 is 52.8. The molecule has 3 atom stereocenters. The maximum Gasteiger partial charge on any atom is 0.255 e. The molecule has 0 bridgehead atoms. The topological polar surface area (TPSA) is 123 Å². The van der Waals surface area contributed by atoms with Crippen LogP contribution in [0.5, 0.6) is 0 Å². The van der Waals surface area contributed by atoms with Crippen LogP contribution in [0.3, 0.4) is 0 Å². The van der Waals surface area contributed by atoms with Crippen molar-refractivity contribution in [1.29, 1.82) is 0 Å². The quantitative estimate of drug-likeness (QED) is 0.241. The molecule has 13 heteroatoms. The molecule has 4 rings (SSSR count). The standard InChI is InChI=1S/C25H28F3N7O3/c1-6-17(36)34-10-13(9-14(34)11-38-5)35-25(30-3)18(24(29)37)16(32-35)8-7-15-19(26)21(28)23-22(20(15)27)31-12(2)33(23)4/h6,13-14,17,30,36H,1,9-11H2,2-5H3,(H2,29,37)/t13-,14+,17?/m0/s1. The van der Waals surface area contributed by atoms with Crippen molar-refractivity contribution in [2.75, 3.05) is 32.6 Å². The Hall–Kier alpha value is -3.86. The van der Waals surface area contributed by atoms with E-state index < -0.39 is 35.2 Å². The van der Waals surface area contributed by atoms with Gasteiger partial charge in [-0.2, -0.15) is 5.10 Å². The number of aromatic nitrogens is 4. The second-order valence-corrected chi connectivity index (χ2v) is 8.96. The molecule has 1 aliphatic heterocycles. The molecule has 4 N–H and O–H groups in total. The third kappa shape index (κ3) is 4.40. The van der Waals surface area contributed by atoms with Gasteiger partial charge in [-0.15, -0.1) is 0 Å². The SMILES string of the molecule is C=CC(O)N1C[C@@H](n2nc(C#Cc3c(F)c(F)c4c(nc(C)n4C)c3F)c(C(N)=O)c2NC)C[C@@H]1COC. The number of aliphatic hydroxyl groups is 1. The minimum atomic E-state index is -1.48. The van der Waals surface area contributed by atoms with Gasteiger partial charge in [0, 0.05) is 33.8 Å². The highest BCUT2D eigenvalue weighted by atomic mass is 19.2. The van der Waals surface area contributed by atoms with Crippen LogP contribution in [0.2, 0.25) is 0 Å². The maximum atomic E-state index is 15.2. The predicted octanol–water partition coefficient (Wildman–Crippen LogP) is 1.80. The fraction of sp³-hybridized carbons (Fsp3) is 0.400. The fourth-order valence-corrected chi connectivity index (χ4v) is 4.84. The van der Waals surface area contributed by atoms with Crippen molar-refractivity contribution >= 4 is 22.8 Å². The maximum absolute atomic E-state index is 15.2. The number of anilines is 1. The largest absolute Gasteiger partial charge is 0.383 e. The zero-order valence-electron chi connectivity index (χ0n) is 21.3. The Morgan fingerprint density at radius 2 is 2.05 bits per heavy atom. The number of imidazole rings is 1. The molecule has 3 aromatic rings. The van der Waals surface area contributed by atoms with Crippen LogP contribution in [-0.2, 0) is 11.8 Å². The van der Waals surface area contributed by atoms with Gasteiger partial charge in [-0.1, -0.05) is 12.5 Å². The third-order valence-electron chi connectivity index (χ3n) is 6.76. The normalized spacial score (nSPS) is 18.4. The van der Waals surface area contributed by atoms with E-state index >= 15 is 4.39 Å². The molecule has 1 saturated heterocycles. The predicted molar refractivity (Wildman–Crippen MR) is 134 cm³/mol. The van der Waals surface area contributed by atoms with Crippen molar-refractivity contribution in [2.24, 2.45) is 12.8 Å². The number of nitrogens with one attached hydrogen (secondary N) is 1. The number of halogens is 3. The number of carbonyl (C=O) groups excluding carboxylic acids is 1. The summed E-state index contributed by atoms with van der Waals surface area (Å²) in [6.45, 7) is 5.81. The van der Waals surface area contributed by atoms with Crippen LogP contribution in [0, 0.1) is 36.2 Å². The lowest BCUT2D eigenvalue weighted by Crippen LogP contribution is -2.40. The van der Waals surface area contributed by atoms with Crippen molar-refractivity contribution in [3.63, 3.8) is 0 Å². The van der Waals surface area contributed by atoms with Crippen molar-refractivity contribution in [2.45, 2.75) is 31.7 Å². The van der Waals surface area contributed by atoms with Gasteiger partial charge in [-0.25, -0.2) is 22.8 Å². The number of aryl methyl sites for hydroxylation is 2. The molecular weight excluding hydrogens is 503 g/mol. The van der Waals surface area contributed by atoms with Crippen LogP contribution in [0.25, 0.3) is 11.0 Å². The van der Waals surface area contributed by atoms with Gasteiger partial charge in [0.1, 0.15) is 40.0 Å². The zero-order chi connectivity index (χ0) is 27.9. The number of benzene rings is 1. The minimum Gasteiger partial charge on any atom is -0.383 e. The number of primary amides is 1. The Morgan fingerprint density at radius 1 is 1.34 bits per heavy atom. The first-order chi connectivity index (χ1) is 18.0. The zero-order valence-corrected chi connectivity index (χ0v) is 21.3. The van der Waals surface area contributed by atoms with Crippen LogP contribution in [0.1, 0.15) is 39.9 Å². The number of amides is 1. The number of likely N-dealkylation sites (tertiary alicyclic amines) is 1. The summed E-state index contributed by atoms with van der Waals surface area (Å²) in [7, 11) is 4.54. The van der Waals surface area contributed by atoms with Gasteiger partial charge in [0.05, 0.1) is 12.6 Å². The Bertz CT molecular complexity index is 1490. The van der Waals surface area contributed by atoms with Crippen LogP contribution < -0.4 is 11.1 Å². The highest BCUT2D eigenvalue weighted by Gasteiger charge is 2.38. The van der Waals surface area contributed by atoms with Gasteiger partial charge < -0.3 is 25.5 Å². The van der Waals surface area contributed by atoms with Gasteiger partial charge in [0.15, 0.2) is 23.1 Å². The average Bonchev–Trinajstić information content (AvgIpc) is 3.56. The van der Waals surface area contributed by atoms with Crippen molar-refractivity contribution < 1.29 is 27.8 Å². The number of hydrogen-bond donors (Lipinski definition) is 3. The molecule has 10 nitrogen and oxygen atoms in total. The molecule has 0 spiro atoms. The molecule has 1 aliphatic rings. The first-order valence-corrected chi connectivity index (χ1v) is 11.7. The summed E-state index contributed by atoms with van der Waals surface area (Å²) in [6, 6.07) is -0.530. The summed E-state index contributed by atoms with van der Waals surface area (Å²) >= 11 is 0. The molecular formula is C25H28F3N7O3. The first kappa shape index (κ1) is 27.2. The highest BCUT2D eigenvalue weighted by Crippen LogP contribution is 2.33. The average molecular weight is 532 g/mol. The summed E-state index contributed by atoms with van der Waals surface area (Å²) in [4.78, 5) is 18.1. The van der Waals surface area contributed by atoms with Crippen molar-refractivity contribution in [3.05, 3.63) is 52.8 Å². The molecule has 1 fully saturated rings. The highest BCUT2D eigenvalue weighted by molar-refractivity contribution is 6.00. The number of ether oxygens (including phenoxy) is 1. The van der Waals surface area contributed by atoms with Crippen LogP contribution in [-0.4, -0.2) is 74.8 Å². The van der Waals surface area contributed by atoms with Gasteiger partial charge in [0.2, 0.25) is 0 Å². The summed E-state index contributed by atoms with van der Waals surface area (Å²) in [6.07, 6.45) is 0.945. The Morgan fingerprint density at radius 3 is 2.66 bits per heavy atom. The number of hydrogen-bond acceptors (Lipinski definition) is 7. The van der Waals surface area contributed by atoms with E-state index in [-0.39, 0.29) is 46.0 Å². The first-order valence-electron chi connectivity index (χ1n) is 11.7. The third-order valence-corrected chi connectivity index (χ3v) is 6.76. The fourth-order valence-electron chi connectivity index (χ4n) is 4.84. The summed E-state index contributed by atoms with van der Waals surface area (Å²) in [5, 5.41) is 17.7. The molecule has 3 heterocycles. The number of nitrogens with two attached hydrogens (primary N) is 1. The molecule has 2 aromatic heterocycles. The van der Waals surface area contributed by atoms with E-state index in [1.807, 2.05) is 0 Å². The Labute approximate surface area is 216 Å². The number of nitrogens with zero attached hydrogens (tertiary/aromatic N) is 5. The molecule has 202 valence electrons. The van der Waals surface area contributed by atoms with Crippen molar-refractivity contribution in [1.82, 2.24) is 24.2 Å². The molecule has 0 radical (unpaired) electrons. The molecule has 38 heavy (non-hydrogen) atoms. The lowest BCUT2D eigenvalue weighted by atomic mass is 10.1. The molecule has 1 aromatic carbocycles. The Kier molecular flexibility index (Phi) is 7.50. The van der Waals surface area contributed by atoms with E-state index in [9.17, 15) is 18.7 Å². The lowest BCUT2D eigenvalue weighted by molar-refractivity contribution is 0.00605. The number of aliphatic hydroxyl groups excluding tert-OH is 1. The number of fused-ring (bicyclic) bond motifs is 1. The van der Waals surface area contributed by atoms with E-state index in [1.54, 1.807) is 19.1 Å². The Balaban J connectivity index is 1.82.